The van der Waals surface area contributed by atoms with Crippen LogP contribution in [0.3, 0.4) is 0 Å². The molecule has 2 aromatic rings. The molecule has 0 nitrogen and oxygen atoms in total. The van der Waals surface area contributed by atoms with Gasteiger partial charge in [0.05, 0.1) is 5.92 Å². The molecule has 0 bridgehead atoms. The Hall–Kier alpha value is -1.71. The van der Waals surface area contributed by atoms with Crippen LogP contribution in [0.2, 0.25) is 0 Å². The van der Waals surface area contributed by atoms with Gasteiger partial charge in [-0.15, -0.1) is 6.42 Å². The predicted molar refractivity (Wildman–Crippen MR) is 89.2 cm³/mol. The largest absolute Gasteiger partial charge is 0.119 e. The van der Waals surface area contributed by atoms with Gasteiger partial charge in [-0.05, 0) is 28.0 Å². The van der Waals surface area contributed by atoms with Crippen molar-refractivity contribution in [1.82, 2.24) is 0 Å². The first-order valence-corrected chi connectivity index (χ1v) is 7.07. The summed E-state index contributed by atoms with van der Waals surface area (Å²) in [6.07, 6.45) is 5.74. The number of rotatable bonds is 2. The molecule has 0 aliphatic rings. The monoisotopic (exact) mass is 356 g/mol. The lowest BCUT2D eigenvalue weighted by molar-refractivity contribution is 1.06. The fourth-order valence-corrected chi connectivity index (χ4v) is 2.33. The first-order chi connectivity index (χ1) is 9.26. The molecule has 1 unspecified atom stereocenters. The van der Waals surface area contributed by atoms with Crippen LogP contribution in [0.15, 0.2) is 48.5 Å². The minimum atomic E-state index is -0.0472. The Morgan fingerprint density at radius 1 is 1.05 bits per heavy atom. The number of hydrogen-bond donors (Lipinski definition) is 0. The number of halogens is 1. The van der Waals surface area contributed by atoms with Crippen LogP contribution in [0.5, 0.6) is 0 Å². The predicted octanol–water partition coefficient (Wildman–Crippen LogP) is 4.50. The number of terminal acetylenes is 1. The van der Waals surface area contributed by atoms with Crippen LogP contribution in [0.25, 0.3) is 0 Å². The quantitative estimate of drug-likeness (QED) is 0.549. The summed E-state index contributed by atoms with van der Waals surface area (Å²) < 4.78 is 2.92. The zero-order valence-corrected chi connectivity index (χ0v) is 12.8. The second-order valence-corrected chi connectivity index (χ2v) is 4.86. The molecule has 0 aromatic heterocycles. The smallest absolute Gasteiger partial charge is 0.0711 e. The van der Waals surface area contributed by atoms with Crippen LogP contribution >= 0.6 is 22.6 Å². The molecule has 92 valence electrons. The Balaban J connectivity index is 2.51. The van der Waals surface area contributed by atoms with E-state index in [2.05, 4.69) is 53.0 Å². The standard InChI is InChI=1S/C18H13I/c1-3-17(16-10-8-14(2)9-11-16)18-7-5-4-6-15(18)12-13-19/h1,4-11,17H,2H3. The average molecular weight is 356 g/mol. The van der Waals surface area contributed by atoms with Crippen LogP contribution in [-0.2, 0) is 0 Å². The van der Waals surface area contributed by atoms with Crippen LogP contribution in [0, 0.1) is 29.1 Å². The number of aryl methyl sites for hydroxylation is 1. The molecule has 0 heterocycles. The van der Waals surface area contributed by atoms with Gasteiger partial charge in [-0.1, -0.05) is 59.9 Å². The molecule has 0 radical (unpaired) electrons. The molecule has 2 rings (SSSR count). The third kappa shape index (κ3) is 3.19. The van der Waals surface area contributed by atoms with Crippen LogP contribution in [0.4, 0.5) is 0 Å². The van der Waals surface area contributed by atoms with E-state index in [-0.39, 0.29) is 5.92 Å². The van der Waals surface area contributed by atoms with E-state index in [0.717, 1.165) is 16.7 Å². The van der Waals surface area contributed by atoms with Crippen molar-refractivity contribution in [3.63, 3.8) is 0 Å². The van der Waals surface area contributed by atoms with Crippen LogP contribution in [0.1, 0.15) is 28.2 Å². The van der Waals surface area contributed by atoms with E-state index in [0.29, 0.717) is 0 Å². The summed E-state index contributed by atoms with van der Waals surface area (Å²) in [5.41, 5.74) is 4.47. The van der Waals surface area contributed by atoms with E-state index in [9.17, 15) is 0 Å². The van der Waals surface area contributed by atoms with Crippen molar-refractivity contribution in [2.24, 2.45) is 0 Å². The lowest BCUT2D eigenvalue weighted by Gasteiger charge is -2.14. The van der Waals surface area contributed by atoms with Gasteiger partial charge in [0.15, 0.2) is 0 Å². The highest BCUT2D eigenvalue weighted by atomic mass is 127. The molecule has 0 N–H and O–H groups in total. The molecule has 0 amide bonds. The van der Waals surface area contributed by atoms with Crippen molar-refractivity contribution in [2.75, 3.05) is 0 Å². The SMILES string of the molecule is C#CC(c1ccc(C)cc1)c1ccccc1C#CI. The van der Waals surface area contributed by atoms with E-state index >= 15 is 0 Å². The Morgan fingerprint density at radius 2 is 1.74 bits per heavy atom. The molecule has 0 saturated heterocycles. The maximum absolute atomic E-state index is 5.74. The summed E-state index contributed by atoms with van der Waals surface area (Å²) in [6, 6.07) is 16.4. The maximum atomic E-state index is 5.74. The Morgan fingerprint density at radius 3 is 2.37 bits per heavy atom. The topological polar surface area (TPSA) is 0 Å². The molecule has 19 heavy (non-hydrogen) atoms. The molecule has 0 aliphatic heterocycles. The van der Waals surface area contributed by atoms with Crippen molar-refractivity contribution in [1.29, 1.82) is 0 Å². The molecular weight excluding hydrogens is 343 g/mol. The van der Waals surface area contributed by atoms with Crippen molar-refractivity contribution in [3.05, 3.63) is 70.8 Å². The molecule has 0 fully saturated rings. The van der Waals surface area contributed by atoms with E-state index in [1.807, 2.05) is 40.8 Å². The highest BCUT2D eigenvalue weighted by Crippen LogP contribution is 2.26. The van der Waals surface area contributed by atoms with Crippen LogP contribution < -0.4 is 0 Å². The van der Waals surface area contributed by atoms with Gasteiger partial charge in [-0.2, -0.15) is 0 Å². The summed E-state index contributed by atoms with van der Waals surface area (Å²) in [6.45, 7) is 2.07. The second kappa shape index (κ2) is 6.45. The van der Waals surface area contributed by atoms with Crippen molar-refractivity contribution in [3.8, 4) is 22.2 Å². The molecule has 2 aromatic carbocycles. The maximum Gasteiger partial charge on any atom is 0.0711 e. The molecule has 0 saturated carbocycles. The fraction of sp³-hybridized carbons (Fsp3) is 0.111. The van der Waals surface area contributed by atoms with Gasteiger partial charge in [-0.3, -0.25) is 0 Å². The first-order valence-electron chi connectivity index (χ1n) is 5.99. The summed E-state index contributed by atoms with van der Waals surface area (Å²) in [4.78, 5) is 0. The number of hydrogen-bond acceptors (Lipinski definition) is 0. The molecular formula is C18H13I. The Kier molecular flexibility index (Phi) is 4.66. The minimum absolute atomic E-state index is 0.0472. The lowest BCUT2D eigenvalue weighted by atomic mass is 9.88. The van der Waals surface area contributed by atoms with Gasteiger partial charge in [0.2, 0.25) is 0 Å². The third-order valence-electron chi connectivity index (χ3n) is 3.03. The van der Waals surface area contributed by atoms with Gasteiger partial charge in [-0.25, -0.2) is 0 Å². The normalized spacial score (nSPS) is 11.0. The van der Waals surface area contributed by atoms with Crippen molar-refractivity contribution < 1.29 is 0 Å². The van der Waals surface area contributed by atoms with Gasteiger partial charge >= 0.3 is 0 Å². The zero-order valence-electron chi connectivity index (χ0n) is 10.7. The Bertz CT molecular complexity index is 663. The minimum Gasteiger partial charge on any atom is -0.119 e. The zero-order chi connectivity index (χ0) is 13.7. The van der Waals surface area contributed by atoms with E-state index in [1.165, 1.54) is 5.56 Å². The third-order valence-corrected chi connectivity index (χ3v) is 3.30. The fourth-order valence-electron chi connectivity index (χ4n) is 2.04. The van der Waals surface area contributed by atoms with Crippen molar-refractivity contribution in [2.45, 2.75) is 12.8 Å². The molecule has 0 aliphatic carbocycles. The van der Waals surface area contributed by atoms with Crippen molar-refractivity contribution >= 4 is 22.6 Å². The van der Waals surface area contributed by atoms with E-state index in [4.69, 9.17) is 6.42 Å². The Labute approximate surface area is 128 Å². The van der Waals surface area contributed by atoms with Gasteiger partial charge in [0.25, 0.3) is 0 Å². The highest BCUT2D eigenvalue weighted by Gasteiger charge is 2.13. The molecule has 0 spiro atoms. The van der Waals surface area contributed by atoms with E-state index < -0.39 is 0 Å². The summed E-state index contributed by atoms with van der Waals surface area (Å²) in [7, 11) is 0. The summed E-state index contributed by atoms with van der Waals surface area (Å²) >= 11 is 2.05. The summed E-state index contributed by atoms with van der Waals surface area (Å²) in [5.74, 6) is 5.95. The van der Waals surface area contributed by atoms with Crippen LogP contribution in [-0.4, -0.2) is 0 Å². The summed E-state index contributed by atoms with van der Waals surface area (Å²) in [5, 5.41) is 0. The average Bonchev–Trinajstić information content (AvgIpc) is 2.44. The van der Waals surface area contributed by atoms with Gasteiger partial charge < -0.3 is 0 Å². The van der Waals surface area contributed by atoms with Gasteiger partial charge in [0.1, 0.15) is 0 Å². The highest BCUT2D eigenvalue weighted by molar-refractivity contribution is 14.1. The molecule has 1 atom stereocenters. The number of benzene rings is 2. The lowest BCUT2D eigenvalue weighted by Crippen LogP contribution is -2.01. The van der Waals surface area contributed by atoms with E-state index in [1.54, 1.807) is 0 Å². The second-order valence-electron chi connectivity index (χ2n) is 4.32. The first kappa shape index (κ1) is 13.7. The van der Waals surface area contributed by atoms with Gasteiger partial charge in [0, 0.05) is 28.2 Å². The molecule has 1 heteroatoms.